The third kappa shape index (κ3) is 3.54. The molecule has 1 atom stereocenters. The average Bonchev–Trinajstić information content (AvgIpc) is 2.49. The molecule has 1 heterocycles. The summed E-state index contributed by atoms with van der Waals surface area (Å²) in [7, 11) is 1.21. The van der Waals surface area contributed by atoms with E-state index in [4.69, 9.17) is 0 Å². The second-order valence-electron chi connectivity index (χ2n) is 4.41. The lowest BCUT2D eigenvalue weighted by atomic mass is 10.1. The third-order valence-corrected chi connectivity index (χ3v) is 2.97. The first-order valence-electron chi connectivity index (χ1n) is 6.20. The molecular formula is C13H14FN3O4. The van der Waals surface area contributed by atoms with E-state index in [0.717, 1.165) is 6.07 Å². The Hall–Kier alpha value is -2.48. The Balaban J connectivity index is 2.09. The van der Waals surface area contributed by atoms with Crippen LogP contribution in [0.15, 0.2) is 18.2 Å². The van der Waals surface area contributed by atoms with E-state index in [-0.39, 0.29) is 30.2 Å². The Morgan fingerprint density at radius 2 is 2.19 bits per heavy atom. The smallest absolute Gasteiger partial charge is 0.337 e. The summed E-state index contributed by atoms with van der Waals surface area (Å²) in [6.45, 7) is 0.131. The minimum absolute atomic E-state index is 0.0166. The minimum atomic E-state index is -0.671. The van der Waals surface area contributed by atoms with Gasteiger partial charge in [0.2, 0.25) is 11.8 Å². The lowest BCUT2D eigenvalue weighted by Crippen LogP contribution is -2.56. The van der Waals surface area contributed by atoms with Crippen LogP contribution in [0.25, 0.3) is 0 Å². The number of methoxy groups -OCH3 is 1. The van der Waals surface area contributed by atoms with E-state index in [1.165, 1.54) is 19.2 Å². The van der Waals surface area contributed by atoms with Gasteiger partial charge >= 0.3 is 5.97 Å². The number of benzene rings is 1. The molecule has 1 fully saturated rings. The fraction of sp³-hybridized carbons (Fsp3) is 0.308. The second-order valence-corrected chi connectivity index (χ2v) is 4.41. The van der Waals surface area contributed by atoms with E-state index in [1.54, 1.807) is 0 Å². The number of ether oxygens (including phenoxy) is 1. The van der Waals surface area contributed by atoms with Gasteiger partial charge in [0.25, 0.3) is 0 Å². The Morgan fingerprint density at radius 1 is 1.43 bits per heavy atom. The number of carbonyl (C=O) groups excluding carboxylic acids is 3. The maximum atomic E-state index is 13.7. The van der Waals surface area contributed by atoms with Gasteiger partial charge in [-0.15, -0.1) is 0 Å². The predicted octanol–water partition coefficient (Wildman–Crippen LogP) is -0.361. The number of esters is 1. The quantitative estimate of drug-likeness (QED) is 0.662. The lowest BCUT2D eigenvalue weighted by Gasteiger charge is -2.23. The lowest BCUT2D eigenvalue weighted by molar-refractivity contribution is -0.124. The Labute approximate surface area is 119 Å². The van der Waals surface area contributed by atoms with E-state index in [9.17, 15) is 18.8 Å². The van der Waals surface area contributed by atoms with Crippen LogP contribution >= 0.6 is 0 Å². The van der Waals surface area contributed by atoms with Gasteiger partial charge in [0.1, 0.15) is 11.9 Å². The average molecular weight is 295 g/mol. The molecule has 21 heavy (non-hydrogen) atoms. The first-order chi connectivity index (χ1) is 10.0. The maximum absolute atomic E-state index is 13.7. The molecule has 112 valence electrons. The summed E-state index contributed by atoms with van der Waals surface area (Å²) in [4.78, 5) is 34.3. The van der Waals surface area contributed by atoms with Crippen molar-refractivity contribution in [3.8, 4) is 0 Å². The fourth-order valence-corrected chi connectivity index (χ4v) is 1.84. The van der Waals surface area contributed by atoms with E-state index >= 15 is 0 Å². The van der Waals surface area contributed by atoms with Crippen LogP contribution in [0.3, 0.4) is 0 Å². The SMILES string of the molecule is COC(=O)c1ccc(F)c(NC(=O)C2CNC(=O)CN2)c1. The number of piperazine rings is 1. The van der Waals surface area contributed by atoms with Crippen molar-refractivity contribution in [3.05, 3.63) is 29.6 Å². The van der Waals surface area contributed by atoms with Crippen LogP contribution in [0.2, 0.25) is 0 Å². The highest BCUT2D eigenvalue weighted by Crippen LogP contribution is 2.17. The predicted molar refractivity (Wildman–Crippen MR) is 71.2 cm³/mol. The standard InChI is InChI=1S/C13H14FN3O4/c1-21-13(20)7-2-3-8(14)9(4-7)17-12(19)10-5-16-11(18)6-15-10/h2-4,10,15H,5-6H2,1H3,(H,16,18)(H,17,19). The first-order valence-corrected chi connectivity index (χ1v) is 6.20. The van der Waals surface area contributed by atoms with Gasteiger partial charge < -0.3 is 15.4 Å². The molecule has 2 amide bonds. The van der Waals surface area contributed by atoms with Crippen LogP contribution in [-0.4, -0.2) is 44.0 Å². The topological polar surface area (TPSA) is 96.5 Å². The fourth-order valence-electron chi connectivity index (χ4n) is 1.84. The second kappa shape index (κ2) is 6.31. The zero-order valence-electron chi connectivity index (χ0n) is 11.2. The Morgan fingerprint density at radius 3 is 2.81 bits per heavy atom. The summed E-state index contributed by atoms with van der Waals surface area (Å²) in [5.41, 5.74) is 0.000654. The highest BCUT2D eigenvalue weighted by molar-refractivity contribution is 5.98. The first kappa shape index (κ1) is 14.9. The van der Waals surface area contributed by atoms with Crippen molar-refractivity contribution in [1.82, 2.24) is 10.6 Å². The van der Waals surface area contributed by atoms with Gasteiger partial charge in [-0.2, -0.15) is 0 Å². The van der Waals surface area contributed by atoms with Crippen molar-refractivity contribution in [3.63, 3.8) is 0 Å². The van der Waals surface area contributed by atoms with Crippen LogP contribution in [-0.2, 0) is 14.3 Å². The molecule has 0 saturated carbocycles. The van der Waals surface area contributed by atoms with Crippen LogP contribution in [0.5, 0.6) is 0 Å². The van der Waals surface area contributed by atoms with Crippen molar-refractivity contribution in [2.75, 3.05) is 25.5 Å². The van der Waals surface area contributed by atoms with Crippen LogP contribution in [0, 0.1) is 5.82 Å². The summed E-state index contributed by atoms with van der Waals surface area (Å²) in [6.07, 6.45) is 0. The molecule has 7 nitrogen and oxygen atoms in total. The van der Waals surface area contributed by atoms with Crippen molar-refractivity contribution in [1.29, 1.82) is 0 Å². The van der Waals surface area contributed by atoms with Crippen LogP contribution in [0.1, 0.15) is 10.4 Å². The number of hydrogen-bond acceptors (Lipinski definition) is 5. The van der Waals surface area contributed by atoms with Crippen molar-refractivity contribution in [2.24, 2.45) is 0 Å². The molecule has 0 bridgehead atoms. The summed E-state index contributed by atoms with van der Waals surface area (Å²) in [5.74, 6) is -2.02. The Kier molecular flexibility index (Phi) is 4.49. The molecule has 1 aromatic rings. The number of anilines is 1. The molecule has 1 unspecified atom stereocenters. The molecule has 1 aliphatic heterocycles. The van der Waals surface area contributed by atoms with E-state index in [0.29, 0.717) is 0 Å². The summed E-state index contributed by atoms with van der Waals surface area (Å²) >= 11 is 0. The molecule has 0 radical (unpaired) electrons. The van der Waals surface area contributed by atoms with Crippen LogP contribution in [0.4, 0.5) is 10.1 Å². The molecule has 1 saturated heterocycles. The van der Waals surface area contributed by atoms with Gasteiger partial charge in [-0.25, -0.2) is 9.18 Å². The van der Waals surface area contributed by atoms with Crippen molar-refractivity contribution in [2.45, 2.75) is 6.04 Å². The largest absolute Gasteiger partial charge is 0.465 e. The van der Waals surface area contributed by atoms with Crippen molar-refractivity contribution < 1.29 is 23.5 Å². The molecule has 1 aromatic carbocycles. The van der Waals surface area contributed by atoms with Gasteiger partial charge in [-0.1, -0.05) is 0 Å². The summed E-state index contributed by atoms with van der Waals surface area (Å²) in [5, 5.41) is 7.62. The normalized spacial score (nSPS) is 17.8. The van der Waals surface area contributed by atoms with Gasteiger partial charge in [0.15, 0.2) is 0 Å². The molecule has 0 aromatic heterocycles. The molecule has 8 heteroatoms. The third-order valence-electron chi connectivity index (χ3n) is 2.97. The number of rotatable bonds is 3. The highest BCUT2D eigenvalue weighted by atomic mass is 19.1. The van der Waals surface area contributed by atoms with Gasteiger partial charge in [0, 0.05) is 6.54 Å². The van der Waals surface area contributed by atoms with Gasteiger partial charge in [-0.05, 0) is 18.2 Å². The van der Waals surface area contributed by atoms with E-state index < -0.39 is 23.7 Å². The molecule has 0 spiro atoms. The number of carbonyl (C=O) groups is 3. The molecule has 3 N–H and O–H groups in total. The zero-order valence-corrected chi connectivity index (χ0v) is 11.2. The van der Waals surface area contributed by atoms with E-state index in [2.05, 4.69) is 20.7 Å². The monoisotopic (exact) mass is 295 g/mol. The highest BCUT2D eigenvalue weighted by Gasteiger charge is 2.24. The van der Waals surface area contributed by atoms with E-state index in [1.807, 2.05) is 0 Å². The number of hydrogen-bond donors (Lipinski definition) is 3. The molecular weight excluding hydrogens is 281 g/mol. The zero-order chi connectivity index (χ0) is 15.4. The number of nitrogens with one attached hydrogen (secondary N) is 3. The summed E-state index contributed by atoms with van der Waals surface area (Å²) < 4.78 is 18.2. The molecule has 2 rings (SSSR count). The van der Waals surface area contributed by atoms with Crippen LogP contribution < -0.4 is 16.0 Å². The number of amides is 2. The van der Waals surface area contributed by atoms with Crippen molar-refractivity contribution >= 4 is 23.5 Å². The number of halogens is 1. The summed E-state index contributed by atoms with van der Waals surface area (Å²) in [6, 6.07) is 2.86. The maximum Gasteiger partial charge on any atom is 0.337 e. The van der Waals surface area contributed by atoms with Gasteiger partial charge in [0.05, 0.1) is 24.9 Å². The minimum Gasteiger partial charge on any atom is -0.465 e. The molecule has 1 aliphatic rings. The Bertz CT molecular complexity index is 581. The molecule has 0 aliphatic carbocycles. The van der Waals surface area contributed by atoms with Gasteiger partial charge in [-0.3, -0.25) is 14.9 Å².